The van der Waals surface area contributed by atoms with E-state index in [1.807, 2.05) is 0 Å². The Kier molecular flexibility index (Phi) is 7.10. The molecule has 0 fully saturated rings. The van der Waals surface area contributed by atoms with Crippen LogP contribution in [0.15, 0.2) is 24.8 Å². The molecule has 0 aromatic heterocycles. The SMILES string of the molecule is C=CCCC(O)C/C=C\CO. The Balaban J connectivity index is 3.28. The summed E-state index contributed by atoms with van der Waals surface area (Å²) in [4.78, 5) is 0. The van der Waals surface area contributed by atoms with Crippen LogP contribution in [0.2, 0.25) is 0 Å². The number of aliphatic hydroxyl groups is 2. The third-order valence-corrected chi connectivity index (χ3v) is 1.38. The van der Waals surface area contributed by atoms with Crippen molar-refractivity contribution < 1.29 is 10.2 Å². The fraction of sp³-hybridized carbons (Fsp3) is 0.556. The maximum absolute atomic E-state index is 9.23. The van der Waals surface area contributed by atoms with Crippen LogP contribution in [0.1, 0.15) is 19.3 Å². The zero-order chi connectivity index (χ0) is 8.53. The largest absolute Gasteiger partial charge is 0.393 e. The Morgan fingerprint density at radius 1 is 1.36 bits per heavy atom. The Labute approximate surface area is 67.9 Å². The molecule has 0 rings (SSSR count). The quantitative estimate of drug-likeness (QED) is 0.568. The summed E-state index contributed by atoms with van der Waals surface area (Å²) in [5.74, 6) is 0. The molecule has 0 bridgehead atoms. The molecule has 0 aromatic carbocycles. The predicted octanol–water partition coefficient (Wildman–Crippen LogP) is 1.25. The molecule has 2 nitrogen and oxygen atoms in total. The first-order chi connectivity index (χ1) is 5.31. The predicted molar refractivity (Wildman–Crippen MR) is 46.3 cm³/mol. The van der Waals surface area contributed by atoms with E-state index < -0.39 is 0 Å². The minimum Gasteiger partial charge on any atom is -0.393 e. The summed E-state index contributed by atoms with van der Waals surface area (Å²) < 4.78 is 0. The van der Waals surface area contributed by atoms with E-state index in [4.69, 9.17) is 5.11 Å². The molecule has 1 unspecified atom stereocenters. The van der Waals surface area contributed by atoms with Crippen molar-refractivity contribution in [3.8, 4) is 0 Å². The van der Waals surface area contributed by atoms with Crippen molar-refractivity contribution in [2.45, 2.75) is 25.4 Å². The van der Waals surface area contributed by atoms with Crippen LogP contribution in [0.25, 0.3) is 0 Å². The standard InChI is InChI=1S/C9H16O2/c1-2-3-6-9(11)7-4-5-8-10/h2,4-5,9-11H,1,3,6-8H2/b5-4-. The summed E-state index contributed by atoms with van der Waals surface area (Å²) >= 11 is 0. The molecule has 0 aliphatic carbocycles. The first-order valence-electron chi connectivity index (χ1n) is 3.86. The zero-order valence-electron chi connectivity index (χ0n) is 6.74. The highest BCUT2D eigenvalue weighted by Crippen LogP contribution is 2.02. The number of aliphatic hydroxyl groups excluding tert-OH is 2. The third-order valence-electron chi connectivity index (χ3n) is 1.38. The van der Waals surface area contributed by atoms with Crippen molar-refractivity contribution in [2.24, 2.45) is 0 Å². The zero-order valence-corrected chi connectivity index (χ0v) is 6.74. The summed E-state index contributed by atoms with van der Waals surface area (Å²) in [7, 11) is 0. The van der Waals surface area contributed by atoms with Gasteiger partial charge in [-0.25, -0.2) is 0 Å². The van der Waals surface area contributed by atoms with E-state index in [2.05, 4.69) is 6.58 Å². The number of hydrogen-bond donors (Lipinski definition) is 2. The van der Waals surface area contributed by atoms with Gasteiger partial charge in [0.05, 0.1) is 12.7 Å². The second-order valence-corrected chi connectivity index (χ2v) is 2.41. The van der Waals surface area contributed by atoms with Gasteiger partial charge in [-0.3, -0.25) is 0 Å². The minimum atomic E-state index is -0.296. The third kappa shape index (κ3) is 7.30. The lowest BCUT2D eigenvalue weighted by Crippen LogP contribution is -2.03. The highest BCUT2D eigenvalue weighted by molar-refractivity contribution is 4.84. The molecule has 11 heavy (non-hydrogen) atoms. The van der Waals surface area contributed by atoms with Crippen molar-refractivity contribution in [3.05, 3.63) is 24.8 Å². The molecule has 0 aromatic rings. The van der Waals surface area contributed by atoms with Crippen LogP contribution in [0.4, 0.5) is 0 Å². The fourth-order valence-corrected chi connectivity index (χ4v) is 0.756. The van der Waals surface area contributed by atoms with Gasteiger partial charge in [-0.1, -0.05) is 18.2 Å². The van der Waals surface area contributed by atoms with Crippen LogP contribution in [0.5, 0.6) is 0 Å². The van der Waals surface area contributed by atoms with E-state index in [-0.39, 0.29) is 12.7 Å². The fourth-order valence-electron chi connectivity index (χ4n) is 0.756. The molecule has 0 radical (unpaired) electrons. The van der Waals surface area contributed by atoms with Gasteiger partial charge in [0.2, 0.25) is 0 Å². The highest BCUT2D eigenvalue weighted by atomic mass is 16.3. The summed E-state index contributed by atoms with van der Waals surface area (Å²) in [6.45, 7) is 3.61. The number of rotatable bonds is 6. The van der Waals surface area contributed by atoms with Gasteiger partial charge in [0.15, 0.2) is 0 Å². The van der Waals surface area contributed by atoms with Crippen LogP contribution in [-0.4, -0.2) is 22.9 Å². The molecule has 0 spiro atoms. The second-order valence-electron chi connectivity index (χ2n) is 2.41. The highest BCUT2D eigenvalue weighted by Gasteiger charge is 1.97. The van der Waals surface area contributed by atoms with E-state index in [9.17, 15) is 5.11 Å². The summed E-state index contributed by atoms with van der Waals surface area (Å²) in [6.07, 6.45) is 7.13. The molecule has 64 valence electrons. The molecule has 0 amide bonds. The van der Waals surface area contributed by atoms with E-state index in [1.165, 1.54) is 0 Å². The van der Waals surface area contributed by atoms with Gasteiger partial charge in [0, 0.05) is 0 Å². The van der Waals surface area contributed by atoms with Crippen LogP contribution >= 0.6 is 0 Å². The molecule has 0 heterocycles. The first-order valence-corrected chi connectivity index (χ1v) is 3.86. The van der Waals surface area contributed by atoms with Gasteiger partial charge >= 0.3 is 0 Å². The Morgan fingerprint density at radius 2 is 2.09 bits per heavy atom. The maximum Gasteiger partial charge on any atom is 0.0612 e. The normalized spacial score (nSPS) is 13.6. The van der Waals surface area contributed by atoms with Crippen LogP contribution in [0, 0.1) is 0 Å². The minimum absolute atomic E-state index is 0.0498. The summed E-state index contributed by atoms with van der Waals surface area (Å²) in [6, 6.07) is 0. The van der Waals surface area contributed by atoms with Gasteiger partial charge in [-0.2, -0.15) is 0 Å². The van der Waals surface area contributed by atoms with Gasteiger partial charge in [0.1, 0.15) is 0 Å². The van der Waals surface area contributed by atoms with Crippen LogP contribution < -0.4 is 0 Å². The van der Waals surface area contributed by atoms with E-state index in [1.54, 1.807) is 18.2 Å². The molecular formula is C9H16O2. The monoisotopic (exact) mass is 156 g/mol. The summed E-state index contributed by atoms with van der Waals surface area (Å²) in [5, 5.41) is 17.6. The van der Waals surface area contributed by atoms with Crippen molar-refractivity contribution in [1.29, 1.82) is 0 Å². The molecule has 0 saturated heterocycles. The molecule has 2 N–H and O–H groups in total. The maximum atomic E-state index is 9.23. The first kappa shape index (κ1) is 10.4. The van der Waals surface area contributed by atoms with E-state index >= 15 is 0 Å². The van der Waals surface area contributed by atoms with Gasteiger partial charge in [0.25, 0.3) is 0 Å². The lowest BCUT2D eigenvalue weighted by molar-refractivity contribution is 0.169. The molecular weight excluding hydrogens is 140 g/mol. The lowest BCUT2D eigenvalue weighted by atomic mass is 10.1. The van der Waals surface area contributed by atoms with Gasteiger partial charge in [-0.15, -0.1) is 6.58 Å². The molecule has 2 heteroatoms. The van der Waals surface area contributed by atoms with Crippen LogP contribution in [-0.2, 0) is 0 Å². The Bertz CT molecular complexity index is 119. The Hall–Kier alpha value is -0.600. The lowest BCUT2D eigenvalue weighted by Gasteiger charge is -2.04. The molecule has 0 aliphatic rings. The Morgan fingerprint density at radius 3 is 2.64 bits per heavy atom. The smallest absolute Gasteiger partial charge is 0.0612 e. The number of hydrogen-bond acceptors (Lipinski definition) is 2. The average molecular weight is 156 g/mol. The summed E-state index contributed by atoms with van der Waals surface area (Å²) in [5.41, 5.74) is 0. The van der Waals surface area contributed by atoms with Gasteiger partial charge in [-0.05, 0) is 19.3 Å². The van der Waals surface area contributed by atoms with Crippen LogP contribution in [0.3, 0.4) is 0 Å². The van der Waals surface area contributed by atoms with E-state index in [0.717, 1.165) is 12.8 Å². The van der Waals surface area contributed by atoms with Crippen molar-refractivity contribution in [1.82, 2.24) is 0 Å². The topological polar surface area (TPSA) is 40.5 Å². The average Bonchev–Trinajstić information content (AvgIpc) is 2.01. The van der Waals surface area contributed by atoms with Crippen molar-refractivity contribution in [3.63, 3.8) is 0 Å². The van der Waals surface area contributed by atoms with Crippen molar-refractivity contribution >= 4 is 0 Å². The molecule has 0 aliphatic heterocycles. The van der Waals surface area contributed by atoms with Crippen molar-refractivity contribution in [2.75, 3.05) is 6.61 Å². The van der Waals surface area contributed by atoms with E-state index in [0.29, 0.717) is 6.42 Å². The molecule has 0 saturated carbocycles. The van der Waals surface area contributed by atoms with Gasteiger partial charge < -0.3 is 10.2 Å². The second kappa shape index (κ2) is 7.51. The molecule has 1 atom stereocenters. The number of allylic oxidation sites excluding steroid dienone is 1.